The molecule has 1 saturated carbocycles. The summed E-state index contributed by atoms with van der Waals surface area (Å²) in [5, 5.41) is 15.2. The van der Waals surface area contributed by atoms with Gasteiger partial charge in [-0.05, 0) is 78.9 Å². The molecule has 44 heavy (non-hydrogen) atoms. The summed E-state index contributed by atoms with van der Waals surface area (Å²) in [5.74, 6) is -5.93. The maximum Gasteiger partial charge on any atom is 0.260 e. The number of imide groups is 2. The van der Waals surface area contributed by atoms with E-state index >= 15 is 0 Å². The van der Waals surface area contributed by atoms with Gasteiger partial charge in [0.2, 0.25) is 11.8 Å². The number of fused-ring (bicyclic) bond motifs is 4. The summed E-state index contributed by atoms with van der Waals surface area (Å²) in [5.41, 5.74) is 3.14. The molecule has 2 heterocycles. The molecule has 0 unspecified atom stereocenters. The highest BCUT2D eigenvalue weighted by molar-refractivity contribution is 6.30. The molecule has 3 aromatic carbocycles. The molecular weight excluding hydrogens is 589 g/mol. The number of aromatic hydroxyl groups is 1. The molecule has 0 aromatic heterocycles. The number of carbonyl (C=O) groups is 4. The number of ether oxygens (including phenoxy) is 1. The molecular formula is C33H27ClFN3O6. The number of rotatable bonds is 5. The Morgan fingerprint density at radius 2 is 1.73 bits per heavy atom. The molecule has 2 aliphatic carbocycles. The minimum absolute atomic E-state index is 0.101. The minimum atomic E-state index is -1.59. The van der Waals surface area contributed by atoms with Gasteiger partial charge in [0, 0.05) is 16.5 Å². The lowest BCUT2D eigenvalue weighted by molar-refractivity contribution is -0.138. The van der Waals surface area contributed by atoms with E-state index in [1.54, 1.807) is 36.4 Å². The standard InChI is InChI=1S/C33H27ClFN3O6/c1-44-20-10-13-26(39)24(14-20)28-21-11-12-22-27(30(41)36-29(22)40)23(21)15-25-31(42)38(37-19-8-6-18(35)7-9-19)32(43)33(25,28)16-2-4-17(34)5-3-16/h2-11,13-14,22-23,25,27-28,37,39H,12,15H2,1H3,(H,36,40,41)/t22-,23+,25-,27-,28+,33+/m0/s1. The molecule has 4 aliphatic rings. The SMILES string of the molecule is COc1ccc(O)c([C@H]2C3=CC[C@@H]4C(=O)NC(=O)[C@@H]4[C@@H]3C[C@H]3C(=O)N(Nc4ccc(F)cc4)C(=O)[C@@]23c2ccc(Cl)cc2)c1. The van der Waals surface area contributed by atoms with Crippen LogP contribution in [0.2, 0.25) is 5.02 Å². The second-order valence-electron chi connectivity index (χ2n) is 11.7. The van der Waals surface area contributed by atoms with Crippen molar-refractivity contribution in [2.24, 2.45) is 23.7 Å². The number of methoxy groups -OCH3 is 1. The van der Waals surface area contributed by atoms with Gasteiger partial charge in [0.1, 0.15) is 17.3 Å². The Labute approximate surface area is 256 Å². The first-order valence-electron chi connectivity index (χ1n) is 14.2. The predicted octanol–water partition coefficient (Wildman–Crippen LogP) is 4.47. The van der Waals surface area contributed by atoms with Crippen LogP contribution in [0.4, 0.5) is 10.1 Å². The van der Waals surface area contributed by atoms with Crippen LogP contribution in [-0.2, 0) is 24.6 Å². The van der Waals surface area contributed by atoms with Crippen molar-refractivity contribution in [1.82, 2.24) is 10.3 Å². The quantitative estimate of drug-likeness (QED) is 0.286. The predicted molar refractivity (Wildman–Crippen MR) is 157 cm³/mol. The minimum Gasteiger partial charge on any atom is -0.508 e. The fourth-order valence-electron chi connectivity index (χ4n) is 7.80. The maximum absolute atomic E-state index is 15.0. The van der Waals surface area contributed by atoms with Gasteiger partial charge in [-0.1, -0.05) is 35.4 Å². The molecule has 224 valence electrons. The molecule has 2 saturated heterocycles. The van der Waals surface area contributed by atoms with E-state index in [2.05, 4.69) is 10.7 Å². The fourth-order valence-corrected chi connectivity index (χ4v) is 7.93. The summed E-state index contributed by atoms with van der Waals surface area (Å²) in [6, 6.07) is 16.6. The van der Waals surface area contributed by atoms with Crippen LogP contribution in [0.25, 0.3) is 0 Å². The van der Waals surface area contributed by atoms with E-state index in [9.17, 15) is 28.7 Å². The van der Waals surface area contributed by atoms with Crippen LogP contribution in [0.15, 0.2) is 78.4 Å². The number of phenols is 1. The molecule has 0 radical (unpaired) electrons. The lowest BCUT2D eigenvalue weighted by Crippen LogP contribution is -2.53. The zero-order chi connectivity index (χ0) is 30.9. The van der Waals surface area contributed by atoms with E-state index < -0.39 is 58.5 Å². The number of carbonyl (C=O) groups excluding carboxylic acids is 4. The number of hydrogen-bond acceptors (Lipinski definition) is 7. The van der Waals surface area contributed by atoms with E-state index in [0.29, 0.717) is 33.2 Å². The van der Waals surface area contributed by atoms with Crippen molar-refractivity contribution in [3.05, 3.63) is 100 Å². The van der Waals surface area contributed by atoms with Crippen LogP contribution < -0.4 is 15.5 Å². The summed E-state index contributed by atoms with van der Waals surface area (Å²) in [6.07, 6.45) is 2.25. The fraction of sp³-hybridized carbons (Fsp3) is 0.273. The molecule has 4 amide bonds. The van der Waals surface area contributed by atoms with Crippen molar-refractivity contribution in [2.75, 3.05) is 12.5 Å². The first kappa shape index (κ1) is 28.1. The average Bonchev–Trinajstić information content (AvgIpc) is 3.43. The monoisotopic (exact) mass is 615 g/mol. The third-order valence-electron chi connectivity index (χ3n) is 9.64. The molecule has 7 rings (SSSR count). The Balaban J connectivity index is 1.49. The second-order valence-corrected chi connectivity index (χ2v) is 12.1. The lowest BCUT2D eigenvalue weighted by atomic mass is 9.49. The van der Waals surface area contributed by atoms with E-state index in [1.165, 1.54) is 37.4 Å². The number of allylic oxidation sites excluding steroid dienone is 2. The molecule has 11 heteroatoms. The largest absolute Gasteiger partial charge is 0.508 e. The van der Waals surface area contributed by atoms with Gasteiger partial charge >= 0.3 is 0 Å². The van der Waals surface area contributed by atoms with Crippen molar-refractivity contribution in [3.8, 4) is 11.5 Å². The van der Waals surface area contributed by atoms with Gasteiger partial charge in [-0.3, -0.25) is 29.9 Å². The molecule has 9 nitrogen and oxygen atoms in total. The van der Waals surface area contributed by atoms with Gasteiger partial charge in [-0.2, -0.15) is 5.01 Å². The topological polar surface area (TPSA) is 125 Å². The molecule has 0 bridgehead atoms. The number of nitrogens with zero attached hydrogens (tertiary/aromatic N) is 1. The molecule has 3 aromatic rings. The number of phenolic OH excluding ortho intramolecular Hbond substituents is 1. The number of hydrogen-bond donors (Lipinski definition) is 3. The number of benzene rings is 3. The highest BCUT2D eigenvalue weighted by Gasteiger charge is 2.70. The zero-order valence-corrected chi connectivity index (χ0v) is 24.2. The summed E-state index contributed by atoms with van der Waals surface area (Å²) < 4.78 is 19.2. The maximum atomic E-state index is 15.0. The van der Waals surface area contributed by atoms with Crippen molar-refractivity contribution in [3.63, 3.8) is 0 Å². The van der Waals surface area contributed by atoms with Crippen molar-refractivity contribution >= 4 is 40.9 Å². The van der Waals surface area contributed by atoms with E-state index in [4.69, 9.17) is 16.3 Å². The van der Waals surface area contributed by atoms with E-state index in [-0.39, 0.29) is 24.5 Å². The number of amides is 4. The van der Waals surface area contributed by atoms with Crippen LogP contribution >= 0.6 is 11.6 Å². The highest BCUT2D eigenvalue weighted by atomic mass is 35.5. The summed E-state index contributed by atoms with van der Waals surface area (Å²) >= 11 is 6.27. The number of hydrazine groups is 1. The van der Waals surface area contributed by atoms with E-state index in [1.807, 2.05) is 6.08 Å². The third-order valence-corrected chi connectivity index (χ3v) is 9.90. The molecule has 3 fully saturated rings. The van der Waals surface area contributed by atoms with Gasteiger partial charge < -0.3 is 9.84 Å². The van der Waals surface area contributed by atoms with Crippen LogP contribution in [0.3, 0.4) is 0 Å². The van der Waals surface area contributed by atoms with Gasteiger partial charge in [-0.15, -0.1) is 0 Å². The first-order chi connectivity index (χ1) is 21.1. The van der Waals surface area contributed by atoms with Crippen molar-refractivity contribution in [1.29, 1.82) is 0 Å². The van der Waals surface area contributed by atoms with Gasteiger partial charge in [0.25, 0.3) is 11.8 Å². The van der Waals surface area contributed by atoms with E-state index in [0.717, 1.165) is 5.01 Å². The zero-order valence-electron chi connectivity index (χ0n) is 23.4. The number of halogens is 2. The molecule has 6 atom stereocenters. The van der Waals surface area contributed by atoms with Gasteiger partial charge in [0.15, 0.2) is 0 Å². The molecule has 3 N–H and O–H groups in total. The Bertz CT molecular complexity index is 1760. The molecule has 0 spiro atoms. The van der Waals surface area contributed by atoms with Crippen molar-refractivity contribution in [2.45, 2.75) is 24.2 Å². The van der Waals surface area contributed by atoms with Gasteiger partial charge in [-0.25, -0.2) is 4.39 Å². The van der Waals surface area contributed by atoms with Gasteiger partial charge in [0.05, 0.1) is 36.0 Å². The third kappa shape index (κ3) is 3.97. The Morgan fingerprint density at radius 1 is 1.00 bits per heavy atom. The number of nitrogens with one attached hydrogen (secondary N) is 2. The van der Waals surface area contributed by atoms with Crippen LogP contribution in [0.5, 0.6) is 11.5 Å². The van der Waals surface area contributed by atoms with Crippen LogP contribution in [0, 0.1) is 29.5 Å². The second kappa shape index (κ2) is 10.2. The average molecular weight is 616 g/mol. The Kier molecular flexibility index (Phi) is 6.51. The Morgan fingerprint density at radius 3 is 2.43 bits per heavy atom. The molecule has 2 aliphatic heterocycles. The van der Waals surface area contributed by atoms with Crippen LogP contribution in [0.1, 0.15) is 29.9 Å². The van der Waals surface area contributed by atoms with Crippen LogP contribution in [-0.4, -0.2) is 40.9 Å². The Hall–Kier alpha value is -4.70. The normalized spacial score (nSPS) is 29.0. The smallest absolute Gasteiger partial charge is 0.260 e. The number of anilines is 1. The first-order valence-corrected chi connectivity index (χ1v) is 14.6. The highest BCUT2D eigenvalue weighted by Crippen LogP contribution is 2.64. The summed E-state index contributed by atoms with van der Waals surface area (Å²) in [6.45, 7) is 0. The summed E-state index contributed by atoms with van der Waals surface area (Å²) in [7, 11) is 1.48. The summed E-state index contributed by atoms with van der Waals surface area (Å²) in [4.78, 5) is 55.3. The lowest BCUT2D eigenvalue weighted by Gasteiger charge is -2.50. The van der Waals surface area contributed by atoms with Crippen molar-refractivity contribution < 1.29 is 33.4 Å².